The lowest BCUT2D eigenvalue weighted by Gasteiger charge is -2.20. The summed E-state index contributed by atoms with van der Waals surface area (Å²) in [7, 11) is 0. The van der Waals surface area contributed by atoms with E-state index in [-0.39, 0.29) is 0 Å². The van der Waals surface area contributed by atoms with Crippen LogP contribution in [0.1, 0.15) is 43.0 Å². The van der Waals surface area contributed by atoms with Crippen molar-refractivity contribution in [2.24, 2.45) is 4.99 Å². The molecule has 5 heteroatoms. The van der Waals surface area contributed by atoms with Gasteiger partial charge in [-0.05, 0) is 70.4 Å². The van der Waals surface area contributed by atoms with Crippen LogP contribution in [0.3, 0.4) is 0 Å². The zero-order chi connectivity index (χ0) is 21.0. The van der Waals surface area contributed by atoms with Crippen LogP contribution in [0.5, 0.6) is 0 Å². The van der Waals surface area contributed by atoms with Crippen molar-refractivity contribution < 1.29 is 9.57 Å². The summed E-state index contributed by atoms with van der Waals surface area (Å²) < 4.78 is 5.94. The van der Waals surface area contributed by atoms with E-state index >= 15 is 0 Å². The molecule has 1 fully saturated rings. The molecule has 0 spiro atoms. The highest BCUT2D eigenvalue weighted by Gasteiger charge is 2.26. The van der Waals surface area contributed by atoms with E-state index in [0.29, 0.717) is 18.5 Å². The normalized spacial score (nSPS) is 16.3. The first kappa shape index (κ1) is 20.8. The molecule has 0 saturated carbocycles. The average molecular weight is 394 g/mol. The van der Waals surface area contributed by atoms with E-state index in [2.05, 4.69) is 75.9 Å². The molecule has 1 heterocycles. The number of hydrogen-bond acceptors (Lipinski definition) is 4. The summed E-state index contributed by atoms with van der Waals surface area (Å²) in [6.45, 7) is 15.2. The number of anilines is 1. The third kappa shape index (κ3) is 4.73. The van der Waals surface area contributed by atoms with Crippen LogP contribution < -0.4 is 4.90 Å². The predicted molar refractivity (Wildman–Crippen MR) is 120 cm³/mol. The second kappa shape index (κ2) is 9.03. The zero-order valence-electron chi connectivity index (χ0n) is 18.3. The third-order valence-electron chi connectivity index (χ3n) is 5.04. The quantitative estimate of drug-likeness (QED) is 0.628. The number of hydrogen-bond donors (Lipinski definition) is 0. The predicted octanol–water partition coefficient (Wildman–Crippen LogP) is 5.73. The van der Waals surface area contributed by atoms with Crippen molar-refractivity contribution in [3.8, 4) is 0 Å². The van der Waals surface area contributed by atoms with Gasteiger partial charge in [0.15, 0.2) is 0 Å². The van der Waals surface area contributed by atoms with Gasteiger partial charge in [0, 0.05) is 24.9 Å². The standard InChI is InChI=1S/C24H31N3O2/c1-7-26(8-2)21-12-10-20(11-13-21)16-22-28-24(27(9-3)29-22)25-23-18(5)14-17(4)15-19(23)6/h10-16H,7-9H2,1-6H3/b22-16-,25-24+. The molecule has 0 atom stereocenters. The number of aryl methyl sites for hydroxylation is 3. The molecular formula is C24H31N3O2. The molecule has 0 N–H and O–H groups in total. The second-order valence-corrected chi connectivity index (χ2v) is 7.26. The summed E-state index contributed by atoms with van der Waals surface area (Å²) in [4.78, 5) is 12.9. The monoisotopic (exact) mass is 393 g/mol. The van der Waals surface area contributed by atoms with E-state index in [1.807, 2.05) is 13.0 Å². The number of ether oxygens (including phenoxy) is 1. The van der Waals surface area contributed by atoms with E-state index in [1.54, 1.807) is 5.06 Å². The first-order valence-corrected chi connectivity index (χ1v) is 10.3. The van der Waals surface area contributed by atoms with E-state index < -0.39 is 0 Å². The Morgan fingerprint density at radius 1 is 0.966 bits per heavy atom. The zero-order valence-corrected chi connectivity index (χ0v) is 18.3. The maximum absolute atomic E-state index is 5.94. The SMILES string of the molecule is CCN1O/C(=C\c2ccc(N(CC)CC)cc2)O/C1=N/c1c(C)cc(C)cc1C. The van der Waals surface area contributed by atoms with E-state index in [9.17, 15) is 0 Å². The van der Waals surface area contributed by atoms with Crippen LogP contribution in [0.25, 0.3) is 6.08 Å². The van der Waals surface area contributed by atoms with E-state index in [4.69, 9.17) is 14.6 Å². The van der Waals surface area contributed by atoms with Gasteiger partial charge in [-0.2, -0.15) is 10.1 Å². The Labute approximate surface area is 174 Å². The Bertz CT molecular complexity index is 889. The van der Waals surface area contributed by atoms with Crippen LogP contribution in [-0.4, -0.2) is 30.7 Å². The van der Waals surface area contributed by atoms with Gasteiger partial charge in [0.25, 0.3) is 0 Å². The fraction of sp³-hybridized carbons (Fsp3) is 0.375. The highest BCUT2D eigenvalue weighted by atomic mass is 16.9. The highest BCUT2D eigenvalue weighted by molar-refractivity contribution is 5.80. The lowest BCUT2D eigenvalue weighted by atomic mass is 10.1. The number of hydroxylamine groups is 2. The van der Waals surface area contributed by atoms with Crippen molar-refractivity contribution in [3.05, 3.63) is 64.6 Å². The van der Waals surface area contributed by atoms with Crippen molar-refractivity contribution in [1.29, 1.82) is 0 Å². The van der Waals surface area contributed by atoms with Gasteiger partial charge in [-0.1, -0.05) is 29.8 Å². The summed E-state index contributed by atoms with van der Waals surface area (Å²) in [5.74, 6) is 0.434. The molecule has 29 heavy (non-hydrogen) atoms. The van der Waals surface area contributed by atoms with Gasteiger partial charge in [-0.3, -0.25) is 0 Å². The Morgan fingerprint density at radius 3 is 2.14 bits per heavy atom. The molecular weight excluding hydrogens is 362 g/mol. The Morgan fingerprint density at radius 2 is 1.59 bits per heavy atom. The molecule has 154 valence electrons. The molecule has 0 amide bonds. The average Bonchev–Trinajstić information content (AvgIpc) is 3.08. The second-order valence-electron chi connectivity index (χ2n) is 7.26. The Balaban J connectivity index is 1.83. The van der Waals surface area contributed by atoms with Crippen molar-refractivity contribution in [3.63, 3.8) is 0 Å². The number of nitrogens with zero attached hydrogens (tertiary/aromatic N) is 3. The number of rotatable bonds is 6. The highest BCUT2D eigenvalue weighted by Crippen LogP contribution is 2.28. The van der Waals surface area contributed by atoms with Gasteiger partial charge >= 0.3 is 12.0 Å². The summed E-state index contributed by atoms with van der Waals surface area (Å²) in [6.07, 6.45) is 1.89. The smallest absolute Gasteiger partial charge is 0.335 e. The molecule has 0 aromatic heterocycles. The van der Waals surface area contributed by atoms with E-state index in [0.717, 1.165) is 35.5 Å². The molecule has 5 nitrogen and oxygen atoms in total. The first-order chi connectivity index (χ1) is 13.9. The molecule has 2 aromatic rings. The molecule has 0 unspecified atom stereocenters. The van der Waals surface area contributed by atoms with Crippen LogP contribution >= 0.6 is 0 Å². The maximum Gasteiger partial charge on any atom is 0.335 e. The minimum atomic E-state index is 0.434. The topological polar surface area (TPSA) is 37.3 Å². The van der Waals surface area contributed by atoms with Crippen LogP contribution in [0, 0.1) is 20.8 Å². The van der Waals surface area contributed by atoms with Gasteiger partial charge in [-0.25, -0.2) is 0 Å². The minimum absolute atomic E-state index is 0.434. The van der Waals surface area contributed by atoms with Crippen LogP contribution in [-0.2, 0) is 9.57 Å². The lowest BCUT2D eigenvalue weighted by molar-refractivity contribution is -0.0342. The third-order valence-corrected chi connectivity index (χ3v) is 5.04. The van der Waals surface area contributed by atoms with Crippen LogP contribution in [0.15, 0.2) is 47.3 Å². The summed E-state index contributed by atoms with van der Waals surface area (Å²) in [5.41, 5.74) is 6.65. The number of benzene rings is 2. The molecule has 0 aliphatic carbocycles. The largest absolute Gasteiger partial charge is 0.388 e. The van der Waals surface area contributed by atoms with Crippen molar-refractivity contribution in [2.45, 2.75) is 41.5 Å². The fourth-order valence-corrected chi connectivity index (χ4v) is 3.59. The van der Waals surface area contributed by atoms with Gasteiger partial charge in [-0.15, -0.1) is 0 Å². The maximum atomic E-state index is 5.94. The molecule has 0 bridgehead atoms. The van der Waals surface area contributed by atoms with Crippen molar-refractivity contribution in [2.75, 3.05) is 24.5 Å². The Kier molecular flexibility index (Phi) is 6.47. The number of amidine groups is 1. The molecule has 1 saturated heterocycles. The summed E-state index contributed by atoms with van der Waals surface area (Å²) in [6, 6.07) is 13.1. The summed E-state index contributed by atoms with van der Waals surface area (Å²) in [5, 5.41) is 1.68. The van der Waals surface area contributed by atoms with Crippen molar-refractivity contribution in [1.82, 2.24) is 5.06 Å². The minimum Gasteiger partial charge on any atom is -0.388 e. The lowest BCUT2D eigenvalue weighted by Crippen LogP contribution is -2.23. The molecule has 0 radical (unpaired) electrons. The first-order valence-electron chi connectivity index (χ1n) is 10.3. The van der Waals surface area contributed by atoms with Crippen molar-refractivity contribution >= 4 is 23.5 Å². The molecule has 1 aliphatic heterocycles. The van der Waals surface area contributed by atoms with Gasteiger partial charge in [0.1, 0.15) is 0 Å². The van der Waals surface area contributed by atoms with Crippen LogP contribution in [0.2, 0.25) is 0 Å². The number of aliphatic imine (C=N–C) groups is 1. The van der Waals surface area contributed by atoms with Gasteiger partial charge in [0.2, 0.25) is 0 Å². The fourth-order valence-electron chi connectivity index (χ4n) is 3.59. The van der Waals surface area contributed by atoms with Gasteiger partial charge < -0.3 is 14.5 Å². The van der Waals surface area contributed by atoms with Crippen LogP contribution in [0.4, 0.5) is 11.4 Å². The van der Waals surface area contributed by atoms with Gasteiger partial charge in [0.05, 0.1) is 12.2 Å². The molecule has 2 aromatic carbocycles. The summed E-state index contributed by atoms with van der Waals surface area (Å²) >= 11 is 0. The molecule has 3 rings (SSSR count). The Hall–Kier alpha value is -2.95. The molecule has 1 aliphatic rings. The van der Waals surface area contributed by atoms with E-state index in [1.165, 1.54) is 11.3 Å².